The molecule has 0 radical (unpaired) electrons. The minimum Gasteiger partial charge on any atom is -0.467 e. The molecule has 18 heavy (non-hydrogen) atoms. The van der Waals surface area contributed by atoms with Gasteiger partial charge in [0.1, 0.15) is 6.04 Å². The van der Waals surface area contributed by atoms with E-state index in [0.29, 0.717) is 12.1 Å². The van der Waals surface area contributed by atoms with Crippen LogP contribution in [0.15, 0.2) is 24.3 Å². The average molecular weight is 252 g/mol. The first-order chi connectivity index (χ1) is 8.56. The van der Waals surface area contributed by atoms with Crippen molar-refractivity contribution in [1.29, 1.82) is 0 Å². The molecule has 0 aliphatic rings. The topological polar surface area (TPSA) is 87.7 Å². The predicted molar refractivity (Wildman–Crippen MR) is 65.2 cm³/mol. The summed E-state index contributed by atoms with van der Waals surface area (Å²) in [6.07, 6.45) is 0.331. The van der Waals surface area contributed by atoms with Gasteiger partial charge in [-0.25, -0.2) is 4.79 Å². The molecule has 3 N–H and O–H groups in total. The molecule has 0 heterocycles. The van der Waals surface area contributed by atoms with Gasteiger partial charge < -0.3 is 10.1 Å². The third-order valence-electron chi connectivity index (χ3n) is 2.39. The van der Waals surface area contributed by atoms with Crippen molar-refractivity contribution in [2.75, 3.05) is 12.6 Å². The van der Waals surface area contributed by atoms with Crippen LogP contribution >= 0.6 is 0 Å². The number of carbonyl (C=O) groups is 2. The van der Waals surface area contributed by atoms with E-state index in [0.717, 1.165) is 5.56 Å². The lowest BCUT2D eigenvalue weighted by atomic mass is 10.1. The number of rotatable bonds is 5. The molecule has 0 fully saturated rings. The van der Waals surface area contributed by atoms with E-state index in [4.69, 9.17) is 5.21 Å². The summed E-state index contributed by atoms with van der Waals surface area (Å²) >= 11 is 0. The van der Waals surface area contributed by atoms with Gasteiger partial charge in [0.25, 0.3) is 0 Å². The molecule has 0 aliphatic heterocycles. The van der Waals surface area contributed by atoms with E-state index in [1.54, 1.807) is 24.3 Å². The van der Waals surface area contributed by atoms with Crippen molar-refractivity contribution < 1.29 is 19.5 Å². The minimum absolute atomic E-state index is 0.293. The maximum Gasteiger partial charge on any atom is 0.328 e. The van der Waals surface area contributed by atoms with Crippen molar-refractivity contribution in [1.82, 2.24) is 5.32 Å². The van der Waals surface area contributed by atoms with E-state index in [-0.39, 0.29) is 5.91 Å². The molecule has 1 aromatic carbocycles. The van der Waals surface area contributed by atoms with Crippen LogP contribution in [0.3, 0.4) is 0 Å². The highest BCUT2D eigenvalue weighted by Crippen LogP contribution is 2.10. The van der Waals surface area contributed by atoms with E-state index in [1.807, 2.05) is 5.48 Å². The maximum atomic E-state index is 11.5. The van der Waals surface area contributed by atoms with Crippen LogP contribution in [-0.4, -0.2) is 30.2 Å². The van der Waals surface area contributed by atoms with Crippen LogP contribution in [0.5, 0.6) is 0 Å². The zero-order valence-electron chi connectivity index (χ0n) is 10.3. The van der Waals surface area contributed by atoms with Crippen LogP contribution in [-0.2, 0) is 20.7 Å². The average Bonchev–Trinajstić information content (AvgIpc) is 2.37. The second kappa shape index (κ2) is 6.61. The number of ether oxygens (including phenoxy) is 1. The Morgan fingerprint density at radius 1 is 1.33 bits per heavy atom. The lowest BCUT2D eigenvalue weighted by molar-refractivity contribution is -0.144. The van der Waals surface area contributed by atoms with Gasteiger partial charge in [-0.2, -0.15) is 0 Å². The van der Waals surface area contributed by atoms with Crippen LogP contribution in [0, 0.1) is 0 Å². The Morgan fingerprint density at radius 2 is 1.94 bits per heavy atom. The summed E-state index contributed by atoms with van der Waals surface area (Å²) in [4.78, 5) is 22.5. The van der Waals surface area contributed by atoms with Crippen molar-refractivity contribution in [3.05, 3.63) is 29.8 Å². The zero-order chi connectivity index (χ0) is 13.5. The Hall–Kier alpha value is -2.08. The van der Waals surface area contributed by atoms with Crippen LogP contribution in [0.2, 0.25) is 0 Å². The number of carbonyl (C=O) groups excluding carboxylic acids is 2. The quantitative estimate of drug-likeness (QED) is 0.530. The number of anilines is 1. The normalized spacial score (nSPS) is 11.5. The number of benzene rings is 1. The molecule has 98 valence electrons. The molecule has 0 bridgehead atoms. The van der Waals surface area contributed by atoms with Gasteiger partial charge in [0.15, 0.2) is 0 Å². The molecule has 0 aromatic heterocycles. The number of hydrogen-bond donors (Lipinski definition) is 3. The third kappa shape index (κ3) is 4.06. The van der Waals surface area contributed by atoms with Crippen molar-refractivity contribution >= 4 is 17.6 Å². The molecule has 1 rings (SSSR count). The summed E-state index contributed by atoms with van der Waals surface area (Å²) < 4.78 is 4.62. The van der Waals surface area contributed by atoms with Gasteiger partial charge in [-0.05, 0) is 17.7 Å². The van der Waals surface area contributed by atoms with E-state index < -0.39 is 12.0 Å². The highest BCUT2D eigenvalue weighted by atomic mass is 16.5. The molecule has 0 spiro atoms. The lowest BCUT2D eigenvalue weighted by Gasteiger charge is -2.15. The zero-order valence-corrected chi connectivity index (χ0v) is 10.3. The van der Waals surface area contributed by atoms with Crippen molar-refractivity contribution in [3.63, 3.8) is 0 Å². The fourth-order valence-corrected chi connectivity index (χ4v) is 1.53. The second-order valence-electron chi connectivity index (χ2n) is 3.79. The molecule has 1 aromatic rings. The summed E-state index contributed by atoms with van der Waals surface area (Å²) in [5, 5.41) is 11.2. The smallest absolute Gasteiger partial charge is 0.328 e. The maximum absolute atomic E-state index is 11.5. The number of nitrogens with one attached hydrogen (secondary N) is 2. The van der Waals surface area contributed by atoms with Crippen molar-refractivity contribution in [2.24, 2.45) is 0 Å². The van der Waals surface area contributed by atoms with Crippen LogP contribution in [0.25, 0.3) is 0 Å². The van der Waals surface area contributed by atoms with Crippen LogP contribution in [0.1, 0.15) is 12.5 Å². The first-order valence-corrected chi connectivity index (χ1v) is 5.40. The first kappa shape index (κ1) is 14.0. The molecule has 6 heteroatoms. The molecular formula is C12H16N2O4. The Labute approximate surface area is 105 Å². The lowest BCUT2D eigenvalue weighted by Crippen LogP contribution is -2.41. The molecule has 0 saturated heterocycles. The van der Waals surface area contributed by atoms with E-state index in [9.17, 15) is 9.59 Å². The monoisotopic (exact) mass is 252 g/mol. The van der Waals surface area contributed by atoms with Crippen LogP contribution in [0.4, 0.5) is 5.69 Å². The highest BCUT2D eigenvalue weighted by molar-refractivity contribution is 5.83. The molecule has 6 nitrogen and oxygen atoms in total. The van der Waals surface area contributed by atoms with Gasteiger partial charge in [-0.15, -0.1) is 0 Å². The molecule has 0 aliphatic carbocycles. The first-order valence-electron chi connectivity index (χ1n) is 5.40. The number of esters is 1. The van der Waals surface area contributed by atoms with Gasteiger partial charge in [0.05, 0.1) is 12.8 Å². The fraction of sp³-hybridized carbons (Fsp3) is 0.333. The van der Waals surface area contributed by atoms with E-state index >= 15 is 0 Å². The molecule has 1 atom stereocenters. The van der Waals surface area contributed by atoms with Gasteiger partial charge in [-0.1, -0.05) is 12.1 Å². The molecule has 0 saturated carbocycles. The van der Waals surface area contributed by atoms with Gasteiger partial charge in [0.2, 0.25) is 5.91 Å². The fourth-order valence-electron chi connectivity index (χ4n) is 1.53. The Bertz CT molecular complexity index is 417. The van der Waals surface area contributed by atoms with Crippen molar-refractivity contribution in [2.45, 2.75) is 19.4 Å². The summed E-state index contributed by atoms with van der Waals surface area (Å²) in [5.74, 6) is -0.784. The Balaban J connectivity index is 2.75. The summed E-state index contributed by atoms with van der Waals surface area (Å²) in [7, 11) is 1.27. The van der Waals surface area contributed by atoms with Crippen LogP contribution < -0.4 is 10.8 Å². The summed E-state index contributed by atoms with van der Waals surface area (Å²) in [6.45, 7) is 1.34. The minimum atomic E-state index is -0.708. The van der Waals surface area contributed by atoms with Gasteiger partial charge in [0, 0.05) is 13.3 Å². The van der Waals surface area contributed by atoms with E-state index in [1.165, 1.54) is 14.0 Å². The SMILES string of the molecule is COC(=O)[C@H](Cc1ccc(NO)cc1)NC(C)=O. The summed E-state index contributed by atoms with van der Waals surface area (Å²) in [6, 6.07) is 6.11. The predicted octanol–water partition coefficient (Wildman–Crippen LogP) is 0.708. The molecular weight excluding hydrogens is 236 g/mol. The largest absolute Gasteiger partial charge is 0.467 e. The number of amides is 1. The Morgan fingerprint density at radius 3 is 2.39 bits per heavy atom. The summed E-state index contributed by atoms with van der Waals surface area (Å²) in [5.41, 5.74) is 3.41. The molecule has 1 amide bonds. The van der Waals surface area contributed by atoms with Gasteiger partial charge >= 0.3 is 5.97 Å². The third-order valence-corrected chi connectivity index (χ3v) is 2.39. The Kier molecular flexibility index (Phi) is 5.13. The molecule has 0 unspecified atom stereocenters. The highest BCUT2D eigenvalue weighted by Gasteiger charge is 2.20. The van der Waals surface area contributed by atoms with Crippen molar-refractivity contribution in [3.8, 4) is 0 Å². The van der Waals surface area contributed by atoms with E-state index in [2.05, 4.69) is 10.1 Å². The number of methoxy groups -OCH3 is 1. The van der Waals surface area contributed by atoms with Gasteiger partial charge in [-0.3, -0.25) is 15.5 Å². The second-order valence-corrected chi connectivity index (χ2v) is 3.79. The standard InChI is InChI=1S/C12H16N2O4/c1-8(15)13-11(12(16)18-2)7-9-3-5-10(14-17)6-4-9/h3-6,11,14,17H,7H2,1-2H3,(H,13,15)/t11-/m0/s1. The number of hydrogen-bond acceptors (Lipinski definition) is 5.